The van der Waals surface area contributed by atoms with Crippen molar-refractivity contribution in [1.82, 2.24) is 5.32 Å². The quantitative estimate of drug-likeness (QED) is 0.460. The second kappa shape index (κ2) is 9.72. The number of carbonyl (C=O) groups is 2. The molecule has 0 heterocycles. The molecule has 1 aromatic rings. The lowest BCUT2D eigenvalue weighted by Gasteiger charge is -2.31. The minimum Gasteiger partial charge on any atom is -0.467 e. The maximum atomic E-state index is 12.6. The van der Waals surface area contributed by atoms with E-state index in [9.17, 15) is 9.59 Å². The summed E-state index contributed by atoms with van der Waals surface area (Å²) in [6, 6.07) is 8.30. The molecule has 0 aliphatic heterocycles. The third-order valence-corrected chi connectivity index (χ3v) is 9.51. The Morgan fingerprint density at radius 1 is 1.15 bits per heavy atom. The van der Waals surface area contributed by atoms with Crippen molar-refractivity contribution in [3.63, 3.8) is 0 Å². The molecule has 5 nitrogen and oxygen atoms in total. The smallest absolute Gasteiger partial charge is 0.329 e. The van der Waals surface area contributed by atoms with E-state index >= 15 is 0 Å². The molecule has 1 N–H and O–H groups in total. The Balaban J connectivity index is 2.93. The summed E-state index contributed by atoms with van der Waals surface area (Å²) < 4.78 is 10.2. The topological polar surface area (TPSA) is 64.6 Å². The first-order valence-electron chi connectivity index (χ1n) is 8.99. The first-order chi connectivity index (χ1) is 12.5. The summed E-state index contributed by atoms with van der Waals surface area (Å²) in [7, 11) is 0.971. The Morgan fingerprint density at radius 3 is 2.22 bits per heavy atom. The second-order valence-corrected chi connectivity index (χ2v) is 13.0. The Bertz CT molecular complexity index is 698. The molecule has 27 heavy (non-hydrogen) atoms. The maximum Gasteiger partial charge on any atom is 0.329 e. The third-order valence-electron chi connectivity index (χ3n) is 4.96. The van der Waals surface area contributed by atoms with Crippen molar-refractivity contribution in [1.29, 1.82) is 0 Å². The first kappa shape index (κ1) is 22.9. The Hall–Kier alpha value is -2.10. The van der Waals surface area contributed by atoms with Crippen LogP contribution < -0.4 is 5.32 Å². The summed E-state index contributed by atoms with van der Waals surface area (Å²) in [5, 5.41) is 2.84. The highest BCUT2D eigenvalue weighted by atomic mass is 28.3. The van der Waals surface area contributed by atoms with Crippen LogP contribution in [0, 0.1) is 11.5 Å². The number of methoxy groups -OCH3 is 2. The highest BCUT2D eigenvalue weighted by Gasteiger charge is 2.34. The van der Waals surface area contributed by atoms with Gasteiger partial charge < -0.3 is 14.8 Å². The van der Waals surface area contributed by atoms with Gasteiger partial charge >= 0.3 is 5.97 Å². The van der Waals surface area contributed by atoms with E-state index in [1.165, 1.54) is 14.2 Å². The Morgan fingerprint density at radius 2 is 1.74 bits per heavy atom. The van der Waals surface area contributed by atoms with Crippen LogP contribution in [0.5, 0.6) is 0 Å². The molecule has 1 rings (SSSR count). The predicted molar refractivity (Wildman–Crippen MR) is 110 cm³/mol. The van der Waals surface area contributed by atoms with Crippen molar-refractivity contribution >= 4 is 20.0 Å². The summed E-state index contributed by atoms with van der Waals surface area (Å²) in [6.45, 7) is 10.9. The number of benzene rings is 1. The van der Waals surface area contributed by atoms with Crippen LogP contribution in [-0.4, -0.2) is 40.2 Å². The van der Waals surface area contributed by atoms with Gasteiger partial charge in [0, 0.05) is 13.5 Å². The number of carbonyl (C=O) groups excluding carboxylic acids is 2. The molecule has 0 unspecified atom stereocenters. The standard InChI is InChI=1S/C21H31NO4Si/c1-21(2,3)27(6,7)15-11-14-17(20(24)26-5)22-19(23)18(25-4)16-12-9-8-10-13-16/h8-10,12-13,17-18H,14H2,1-7H3,(H,22,23)/t17-,18+/m1/s1. The number of nitrogens with one attached hydrogen (secondary N) is 1. The molecule has 148 valence electrons. The molecular weight excluding hydrogens is 358 g/mol. The SMILES string of the molecule is COC(=O)[C@@H](CC#C[Si](C)(C)C(C)(C)C)NC(=O)[C@@H](OC)c1ccccc1. The van der Waals surface area contributed by atoms with Gasteiger partial charge in [-0.3, -0.25) is 4.79 Å². The van der Waals surface area contributed by atoms with Gasteiger partial charge in [0.25, 0.3) is 5.91 Å². The van der Waals surface area contributed by atoms with Crippen LogP contribution in [0.2, 0.25) is 18.1 Å². The fourth-order valence-corrected chi connectivity index (χ4v) is 3.09. The van der Waals surface area contributed by atoms with Crippen molar-refractivity contribution < 1.29 is 19.1 Å². The van der Waals surface area contributed by atoms with E-state index in [1.54, 1.807) is 12.1 Å². The molecule has 1 aromatic carbocycles. The van der Waals surface area contributed by atoms with Gasteiger partial charge in [-0.05, 0) is 10.6 Å². The van der Waals surface area contributed by atoms with Crippen LogP contribution in [0.3, 0.4) is 0 Å². The first-order valence-corrected chi connectivity index (χ1v) is 12.0. The number of hydrogen-bond donors (Lipinski definition) is 1. The number of ether oxygens (including phenoxy) is 2. The van der Waals surface area contributed by atoms with E-state index in [0.29, 0.717) is 5.56 Å². The van der Waals surface area contributed by atoms with E-state index in [1.807, 2.05) is 18.2 Å². The molecule has 6 heteroatoms. The molecule has 0 spiro atoms. The highest BCUT2D eigenvalue weighted by Crippen LogP contribution is 2.35. The van der Waals surface area contributed by atoms with Crippen LogP contribution in [0.25, 0.3) is 0 Å². The zero-order chi connectivity index (χ0) is 20.7. The lowest BCUT2D eigenvalue weighted by molar-refractivity contribution is -0.146. The van der Waals surface area contributed by atoms with Crippen molar-refractivity contribution in [2.24, 2.45) is 0 Å². The molecule has 1 amide bonds. The lowest BCUT2D eigenvalue weighted by Crippen LogP contribution is -2.44. The molecular formula is C21H31NO4Si. The van der Waals surface area contributed by atoms with Crippen LogP contribution in [-0.2, 0) is 19.1 Å². The average Bonchev–Trinajstić information content (AvgIpc) is 2.60. The fourth-order valence-electron chi connectivity index (χ4n) is 2.17. The second-order valence-electron chi connectivity index (χ2n) is 7.99. The summed E-state index contributed by atoms with van der Waals surface area (Å²) in [5.74, 6) is 2.19. The zero-order valence-electron chi connectivity index (χ0n) is 17.4. The predicted octanol–water partition coefficient (Wildman–Crippen LogP) is 3.47. The normalized spacial score (nSPS) is 13.7. The van der Waals surface area contributed by atoms with Gasteiger partial charge in [0.2, 0.25) is 0 Å². The van der Waals surface area contributed by atoms with E-state index < -0.39 is 32.1 Å². The molecule has 0 fully saturated rings. The van der Waals surface area contributed by atoms with Gasteiger partial charge in [-0.25, -0.2) is 4.79 Å². The Kier molecular flexibility index (Phi) is 8.26. The van der Waals surface area contributed by atoms with Gasteiger partial charge in [0.05, 0.1) is 7.11 Å². The Labute approximate surface area is 163 Å². The summed E-state index contributed by atoms with van der Waals surface area (Å²) in [5.41, 5.74) is 4.07. The minimum absolute atomic E-state index is 0.123. The zero-order valence-corrected chi connectivity index (χ0v) is 18.4. The van der Waals surface area contributed by atoms with E-state index in [2.05, 4.69) is 50.6 Å². The number of esters is 1. The summed E-state index contributed by atoms with van der Waals surface area (Å²) in [4.78, 5) is 24.8. The third kappa shape index (κ3) is 6.53. The van der Waals surface area contributed by atoms with E-state index in [0.717, 1.165) is 0 Å². The summed E-state index contributed by atoms with van der Waals surface area (Å²) in [6.07, 6.45) is -0.595. The molecule has 2 atom stereocenters. The van der Waals surface area contributed by atoms with Crippen LogP contribution in [0.15, 0.2) is 30.3 Å². The monoisotopic (exact) mass is 389 g/mol. The lowest BCUT2D eigenvalue weighted by atomic mass is 10.1. The molecule has 0 bridgehead atoms. The maximum absolute atomic E-state index is 12.6. The van der Waals surface area contributed by atoms with Crippen molar-refractivity contribution in [2.45, 2.75) is 57.5 Å². The molecule has 0 aliphatic carbocycles. The van der Waals surface area contributed by atoms with Crippen LogP contribution in [0.1, 0.15) is 38.9 Å². The minimum atomic E-state index is -1.79. The van der Waals surface area contributed by atoms with Gasteiger partial charge in [-0.1, -0.05) is 64.2 Å². The van der Waals surface area contributed by atoms with Gasteiger partial charge in [-0.15, -0.1) is 11.5 Å². The molecule has 0 radical (unpaired) electrons. The van der Waals surface area contributed by atoms with Crippen molar-refractivity contribution in [3.05, 3.63) is 35.9 Å². The summed E-state index contributed by atoms with van der Waals surface area (Å²) >= 11 is 0. The van der Waals surface area contributed by atoms with Gasteiger partial charge in [0.15, 0.2) is 6.10 Å². The van der Waals surface area contributed by atoms with Gasteiger partial charge in [-0.2, -0.15) is 0 Å². The number of hydrogen-bond acceptors (Lipinski definition) is 4. The van der Waals surface area contributed by atoms with E-state index in [4.69, 9.17) is 9.47 Å². The van der Waals surface area contributed by atoms with E-state index in [-0.39, 0.29) is 11.5 Å². The van der Waals surface area contributed by atoms with Crippen molar-refractivity contribution in [2.75, 3.05) is 14.2 Å². The molecule has 0 aliphatic rings. The fraction of sp³-hybridized carbons (Fsp3) is 0.524. The highest BCUT2D eigenvalue weighted by molar-refractivity contribution is 6.87. The number of rotatable bonds is 6. The number of amides is 1. The average molecular weight is 390 g/mol. The molecule has 0 saturated carbocycles. The van der Waals surface area contributed by atoms with Crippen molar-refractivity contribution in [3.8, 4) is 11.5 Å². The molecule has 0 aromatic heterocycles. The largest absolute Gasteiger partial charge is 0.467 e. The van der Waals surface area contributed by atoms with Gasteiger partial charge in [0.1, 0.15) is 14.1 Å². The van der Waals surface area contributed by atoms with Crippen LogP contribution in [0.4, 0.5) is 0 Å². The molecule has 0 saturated heterocycles. The van der Waals surface area contributed by atoms with Crippen LogP contribution >= 0.6 is 0 Å².